The summed E-state index contributed by atoms with van der Waals surface area (Å²) in [4.78, 5) is 25.1. The van der Waals surface area contributed by atoms with Crippen LogP contribution in [0.1, 0.15) is 42.6 Å². The molecule has 0 bridgehead atoms. The molecule has 5 heteroatoms. The van der Waals surface area contributed by atoms with E-state index in [9.17, 15) is 9.59 Å². The Hall–Kier alpha value is -2.59. The van der Waals surface area contributed by atoms with Crippen molar-refractivity contribution in [3.05, 3.63) is 76.5 Å². The van der Waals surface area contributed by atoms with E-state index in [1.54, 1.807) is 31.2 Å². The van der Waals surface area contributed by atoms with Crippen molar-refractivity contribution in [2.45, 2.75) is 33.1 Å². The van der Waals surface area contributed by atoms with Gasteiger partial charge in [0.25, 0.3) is 0 Å². The number of benzene rings is 2. The second kappa shape index (κ2) is 10.5. The highest BCUT2D eigenvalue weighted by atomic mass is 35.5. The van der Waals surface area contributed by atoms with E-state index < -0.39 is 11.8 Å². The lowest BCUT2D eigenvalue weighted by atomic mass is 10.0. The number of anilines is 1. The first-order valence-corrected chi connectivity index (χ1v) is 9.46. The van der Waals surface area contributed by atoms with Crippen LogP contribution in [-0.2, 0) is 16.0 Å². The molecule has 0 aromatic heterocycles. The average Bonchev–Trinajstić information content (AvgIpc) is 2.68. The summed E-state index contributed by atoms with van der Waals surface area (Å²) < 4.78 is 5.03. The molecule has 0 aliphatic heterocycles. The van der Waals surface area contributed by atoms with Crippen molar-refractivity contribution in [3.8, 4) is 0 Å². The number of nitrogens with one attached hydrogen (secondary N) is 1. The first-order valence-electron chi connectivity index (χ1n) is 9.08. The summed E-state index contributed by atoms with van der Waals surface area (Å²) in [7, 11) is 0. The molecule has 0 amide bonds. The van der Waals surface area contributed by atoms with Crippen molar-refractivity contribution in [1.82, 2.24) is 0 Å². The zero-order chi connectivity index (χ0) is 19.6. The van der Waals surface area contributed by atoms with E-state index in [1.807, 2.05) is 24.3 Å². The van der Waals surface area contributed by atoms with Crippen LogP contribution in [0.3, 0.4) is 0 Å². The lowest BCUT2D eigenvalue weighted by Gasteiger charge is -2.09. The molecule has 2 aromatic carbocycles. The predicted molar refractivity (Wildman–Crippen MR) is 109 cm³/mol. The quantitative estimate of drug-likeness (QED) is 0.206. The third-order valence-electron chi connectivity index (χ3n) is 4.01. The molecule has 0 aliphatic rings. The van der Waals surface area contributed by atoms with E-state index in [0.29, 0.717) is 0 Å². The van der Waals surface area contributed by atoms with Crippen molar-refractivity contribution in [2.24, 2.45) is 0 Å². The van der Waals surface area contributed by atoms with Gasteiger partial charge in [-0.25, -0.2) is 4.79 Å². The van der Waals surface area contributed by atoms with E-state index in [2.05, 4.69) is 12.2 Å². The fourth-order valence-electron chi connectivity index (χ4n) is 2.52. The fraction of sp³-hybridized carbons (Fsp3) is 0.273. The van der Waals surface area contributed by atoms with Crippen molar-refractivity contribution in [2.75, 3.05) is 11.9 Å². The van der Waals surface area contributed by atoms with Crippen LogP contribution < -0.4 is 5.32 Å². The topological polar surface area (TPSA) is 55.4 Å². The van der Waals surface area contributed by atoms with Gasteiger partial charge in [0.15, 0.2) is 0 Å². The first-order chi connectivity index (χ1) is 13.1. The first kappa shape index (κ1) is 20.7. The van der Waals surface area contributed by atoms with Gasteiger partial charge in [-0.1, -0.05) is 49.2 Å². The highest BCUT2D eigenvalue weighted by Gasteiger charge is 2.22. The van der Waals surface area contributed by atoms with E-state index in [-0.39, 0.29) is 22.8 Å². The Kier molecular flexibility index (Phi) is 8.08. The number of aryl methyl sites for hydroxylation is 1. The highest BCUT2D eigenvalue weighted by Crippen LogP contribution is 2.20. The number of unbranched alkanes of at least 4 members (excludes halogenated alkanes) is 1. The SMILES string of the molecule is CCCCc1ccc(N/C=C(/C(=O)OCC)C(=O)c2ccccc2Cl)cc1. The van der Waals surface area contributed by atoms with Gasteiger partial charge in [0, 0.05) is 17.5 Å². The van der Waals surface area contributed by atoms with Gasteiger partial charge in [-0.2, -0.15) is 0 Å². The summed E-state index contributed by atoms with van der Waals surface area (Å²) in [5, 5.41) is 3.30. The molecule has 142 valence electrons. The Balaban J connectivity index is 2.22. The molecule has 4 nitrogen and oxygen atoms in total. The maximum Gasteiger partial charge on any atom is 0.343 e. The van der Waals surface area contributed by atoms with E-state index in [4.69, 9.17) is 16.3 Å². The van der Waals surface area contributed by atoms with Crippen LogP contribution >= 0.6 is 11.6 Å². The lowest BCUT2D eigenvalue weighted by molar-refractivity contribution is -0.138. The number of halogens is 1. The zero-order valence-corrected chi connectivity index (χ0v) is 16.4. The Morgan fingerprint density at radius 2 is 1.78 bits per heavy atom. The van der Waals surface area contributed by atoms with Crippen molar-refractivity contribution < 1.29 is 14.3 Å². The number of Topliss-reactive ketones (excluding diaryl/α,β-unsaturated/α-hetero) is 1. The number of esters is 1. The van der Waals surface area contributed by atoms with Gasteiger partial charge >= 0.3 is 5.97 Å². The van der Waals surface area contributed by atoms with Crippen LogP contribution in [0.15, 0.2) is 60.3 Å². The van der Waals surface area contributed by atoms with Gasteiger partial charge in [0.1, 0.15) is 5.57 Å². The largest absolute Gasteiger partial charge is 0.462 e. The monoisotopic (exact) mass is 385 g/mol. The summed E-state index contributed by atoms with van der Waals surface area (Å²) in [6.45, 7) is 4.03. The third-order valence-corrected chi connectivity index (χ3v) is 4.34. The van der Waals surface area contributed by atoms with Crippen molar-refractivity contribution in [1.29, 1.82) is 0 Å². The number of rotatable bonds is 9. The Morgan fingerprint density at radius 3 is 2.41 bits per heavy atom. The lowest BCUT2D eigenvalue weighted by Crippen LogP contribution is -2.18. The van der Waals surface area contributed by atoms with Gasteiger partial charge in [-0.15, -0.1) is 0 Å². The smallest absolute Gasteiger partial charge is 0.343 e. The summed E-state index contributed by atoms with van der Waals surface area (Å²) >= 11 is 6.10. The molecule has 2 rings (SSSR count). The fourth-order valence-corrected chi connectivity index (χ4v) is 2.74. The Labute approximate surface area is 165 Å². The summed E-state index contributed by atoms with van der Waals surface area (Å²) in [6.07, 6.45) is 4.71. The van der Waals surface area contributed by atoms with Crippen LogP contribution in [-0.4, -0.2) is 18.4 Å². The molecule has 0 atom stereocenters. The number of hydrogen-bond acceptors (Lipinski definition) is 4. The molecule has 0 spiro atoms. The van der Waals surface area contributed by atoms with Gasteiger partial charge in [-0.3, -0.25) is 4.79 Å². The molecule has 0 saturated carbocycles. The van der Waals surface area contributed by atoms with Gasteiger partial charge in [0.2, 0.25) is 5.78 Å². The van der Waals surface area contributed by atoms with Gasteiger partial charge in [0.05, 0.1) is 11.6 Å². The minimum Gasteiger partial charge on any atom is -0.462 e. The molecule has 0 saturated heterocycles. The normalized spacial score (nSPS) is 11.1. The number of carbonyl (C=O) groups is 2. The van der Waals surface area contributed by atoms with Crippen molar-refractivity contribution >= 4 is 29.0 Å². The molecule has 0 heterocycles. The standard InChI is InChI=1S/C22H24ClNO3/c1-3-5-8-16-11-13-17(14-12-16)24-15-19(22(26)27-4-2)21(25)18-9-6-7-10-20(18)23/h6-7,9-15,24H,3-5,8H2,1-2H3/b19-15+. The maximum atomic E-state index is 12.8. The van der Waals surface area contributed by atoms with Gasteiger partial charge in [-0.05, 0) is 49.6 Å². The minimum absolute atomic E-state index is 0.0972. The van der Waals surface area contributed by atoms with E-state index in [1.165, 1.54) is 11.8 Å². The predicted octanol–water partition coefficient (Wildman–Crippen LogP) is 5.42. The number of ether oxygens (including phenoxy) is 1. The molecule has 0 unspecified atom stereocenters. The van der Waals surface area contributed by atoms with Crippen LogP contribution in [0.5, 0.6) is 0 Å². The molecule has 0 aliphatic carbocycles. The molecule has 0 radical (unpaired) electrons. The summed E-state index contributed by atoms with van der Waals surface area (Å²) in [6, 6.07) is 14.5. The highest BCUT2D eigenvalue weighted by molar-refractivity contribution is 6.36. The molecule has 27 heavy (non-hydrogen) atoms. The maximum absolute atomic E-state index is 12.8. The number of ketones is 1. The van der Waals surface area contributed by atoms with E-state index in [0.717, 1.165) is 24.9 Å². The third kappa shape index (κ3) is 5.97. The molecule has 1 N–H and O–H groups in total. The number of carbonyl (C=O) groups excluding carboxylic acids is 2. The number of hydrogen-bond donors (Lipinski definition) is 1. The van der Waals surface area contributed by atoms with Crippen LogP contribution in [0.25, 0.3) is 0 Å². The minimum atomic E-state index is -0.686. The Bertz CT molecular complexity index is 813. The van der Waals surface area contributed by atoms with E-state index >= 15 is 0 Å². The van der Waals surface area contributed by atoms with Gasteiger partial charge < -0.3 is 10.1 Å². The van der Waals surface area contributed by atoms with Crippen LogP contribution in [0.4, 0.5) is 5.69 Å². The molecular formula is C22H24ClNO3. The summed E-state index contributed by atoms with van der Waals surface area (Å²) in [5.74, 6) is -1.17. The second-order valence-electron chi connectivity index (χ2n) is 6.03. The van der Waals surface area contributed by atoms with Crippen LogP contribution in [0, 0.1) is 0 Å². The van der Waals surface area contributed by atoms with Crippen molar-refractivity contribution in [3.63, 3.8) is 0 Å². The average molecular weight is 386 g/mol. The zero-order valence-electron chi connectivity index (χ0n) is 15.6. The van der Waals surface area contributed by atoms with Crippen LogP contribution in [0.2, 0.25) is 5.02 Å². The molecule has 2 aromatic rings. The Morgan fingerprint density at radius 1 is 1.07 bits per heavy atom. The second-order valence-corrected chi connectivity index (χ2v) is 6.44. The summed E-state index contributed by atoms with van der Waals surface area (Å²) in [5.41, 5.74) is 2.20. The molecular weight excluding hydrogens is 362 g/mol. The molecule has 0 fully saturated rings.